The smallest absolute Gasteiger partial charge is 0.241 e. The zero-order valence-electron chi connectivity index (χ0n) is 12.4. The predicted octanol–water partition coefficient (Wildman–Crippen LogP) is 2.26. The minimum atomic E-state index is -3.58. The Hall–Kier alpha value is -0.660. The van der Waals surface area contributed by atoms with E-state index in [1.165, 1.54) is 6.07 Å². The maximum absolute atomic E-state index is 12.6. The van der Waals surface area contributed by atoms with Gasteiger partial charge in [0.25, 0.3) is 0 Å². The van der Waals surface area contributed by atoms with Crippen molar-refractivity contribution in [2.75, 3.05) is 13.2 Å². The van der Waals surface area contributed by atoms with E-state index in [4.69, 9.17) is 21.1 Å². The summed E-state index contributed by atoms with van der Waals surface area (Å²) in [5.41, 5.74) is 0.683. The zero-order chi connectivity index (χ0) is 15.7. The summed E-state index contributed by atoms with van der Waals surface area (Å²) in [5.74, 6) is 0. The van der Waals surface area contributed by atoms with Crippen molar-refractivity contribution in [3.8, 4) is 0 Å². The van der Waals surface area contributed by atoms with Crippen LogP contribution in [0, 0.1) is 6.92 Å². The second-order valence-corrected chi connectivity index (χ2v) is 7.98. The maximum atomic E-state index is 12.6. The van der Waals surface area contributed by atoms with Crippen LogP contribution in [0.15, 0.2) is 23.1 Å². The normalized spacial score (nSPS) is 29.1. The summed E-state index contributed by atoms with van der Waals surface area (Å²) in [5, 5.41) is 0.415. The number of hydrogen-bond acceptors (Lipinski definition) is 4. The Kier molecular flexibility index (Phi) is 4.75. The molecule has 2 aliphatic rings. The molecular weight excluding hydrogens is 326 g/mol. The molecule has 1 aromatic carbocycles. The van der Waals surface area contributed by atoms with Crippen LogP contribution in [0.2, 0.25) is 5.02 Å². The molecule has 0 amide bonds. The van der Waals surface area contributed by atoms with Crippen molar-refractivity contribution >= 4 is 21.6 Å². The van der Waals surface area contributed by atoms with E-state index >= 15 is 0 Å². The first-order chi connectivity index (χ1) is 10.5. The van der Waals surface area contributed by atoms with E-state index in [1.807, 2.05) is 0 Å². The van der Waals surface area contributed by atoms with E-state index in [0.29, 0.717) is 30.2 Å². The summed E-state index contributed by atoms with van der Waals surface area (Å²) in [6.45, 7) is 2.97. The van der Waals surface area contributed by atoms with E-state index in [2.05, 4.69) is 4.72 Å². The highest BCUT2D eigenvalue weighted by molar-refractivity contribution is 7.89. The lowest BCUT2D eigenvalue weighted by Crippen LogP contribution is -2.49. The lowest BCUT2D eigenvalue weighted by molar-refractivity contribution is -0.156. The van der Waals surface area contributed by atoms with Crippen LogP contribution in [0.25, 0.3) is 0 Å². The average Bonchev–Trinajstić information content (AvgIpc) is 2.49. The van der Waals surface area contributed by atoms with Crippen LogP contribution >= 0.6 is 11.6 Å². The Morgan fingerprint density at radius 2 is 1.91 bits per heavy atom. The number of ether oxygens (including phenoxy) is 2. The largest absolute Gasteiger partial charge is 0.373 e. The molecule has 3 rings (SSSR count). The molecule has 1 saturated carbocycles. The van der Waals surface area contributed by atoms with Crippen molar-refractivity contribution < 1.29 is 17.9 Å². The summed E-state index contributed by atoms with van der Waals surface area (Å²) in [7, 11) is -3.58. The number of benzene rings is 1. The molecule has 0 aromatic heterocycles. The zero-order valence-corrected chi connectivity index (χ0v) is 14.0. The molecular formula is C15H20ClNO4S. The number of hydrogen-bond donors (Lipinski definition) is 1. The molecule has 122 valence electrons. The van der Waals surface area contributed by atoms with Gasteiger partial charge in [-0.3, -0.25) is 0 Å². The van der Waals surface area contributed by atoms with Gasteiger partial charge >= 0.3 is 0 Å². The number of fused-ring (bicyclic) bond motifs is 1. The minimum Gasteiger partial charge on any atom is -0.373 e. The van der Waals surface area contributed by atoms with Gasteiger partial charge in [0.15, 0.2) is 0 Å². The highest BCUT2D eigenvalue weighted by Crippen LogP contribution is 2.28. The molecule has 0 spiro atoms. The van der Waals surface area contributed by atoms with Crippen molar-refractivity contribution in [1.82, 2.24) is 4.72 Å². The third-order valence-corrected chi connectivity index (χ3v) is 6.14. The van der Waals surface area contributed by atoms with Gasteiger partial charge < -0.3 is 9.47 Å². The number of sulfonamides is 1. The summed E-state index contributed by atoms with van der Waals surface area (Å²) in [6.07, 6.45) is 2.29. The van der Waals surface area contributed by atoms with Gasteiger partial charge in [-0.1, -0.05) is 17.7 Å². The Morgan fingerprint density at radius 3 is 2.68 bits per heavy atom. The lowest BCUT2D eigenvalue weighted by Gasteiger charge is -2.38. The van der Waals surface area contributed by atoms with Gasteiger partial charge in [-0.05, 0) is 43.9 Å². The van der Waals surface area contributed by atoms with Gasteiger partial charge in [-0.25, -0.2) is 13.1 Å². The molecule has 1 aliphatic carbocycles. The molecule has 22 heavy (non-hydrogen) atoms. The number of halogens is 1. The predicted molar refractivity (Wildman–Crippen MR) is 83.6 cm³/mol. The summed E-state index contributed by atoms with van der Waals surface area (Å²) in [4.78, 5) is 0.239. The van der Waals surface area contributed by atoms with Crippen LogP contribution in [0.4, 0.5) is 0 Å². The number of rotatable bonds is 3. The van der Waals surface area contributed by atoms with Gasteiger partial charge in [0.05, 0.1) is 30.3 Å². The van der Waals surface area contributed by atoms with Crippen LogP contribution in [0.1, 0.15) is 24.8 Å². The van der Waals surface area contributed by atoms with Gasteiger partial charge in [0.1, 0.15) is 0 Å². The molecule has 1 heterocycles. The quantitative estimate of drug-likeness (QED) is 0.912. The fourth-order valence-electron chi connectivity index (χ4n) is 3.12. The van der Waals surface area contributed by atoms with Crippen LogP contribution in [-0.2, 0) is 19.5 Å². The van der Waals surface area contributed by atoms with Crippen LogP contribution in [0.3, 0.4) is 0 Å². The summed E-state index contributed by atoms with van der Waals surface area (Å²) >= 11 is 5.93. The molecule has 3 atom stereocenters. The van der Waals surface area contributed by atoms with Crippen LogP contribution in [-0.4, -0.2) is 39.9 Å². The van der Waals surface area contributed by atoms with Crippen molar-refractivity contribution in [2.45, 2.75) is 49.3 Å². The van der Waals surface area contributed by atoms with E-state index in [9.17, 15) is 8.42 Å². The topological polar surface area (TPSA) is 64.6 Å². The Bertz CT molecular complexity index is 649. The fraction of sp³-hybridized carbons (Fsp3) is 0.600. The standard InChI is InChI=1S/C15H20ClNO4S/c1-10-2-3-11(16)8-15(10)22(18,19)17-12-4-5-13-14(9-12)21-7-6-20-13/h2-3,8,12-14,17H,4-7,9H2,1H3. The molecule has 1 aromatic rings. The van der Waals surface area contributed by atoms with Gasteiger partial charge in [-0.2, -0.15) is 0 Å². The molecule has 1 aliphatic heterocycles. The first-order valence-electron chi connectivity index (χ1n) is 7.47. The Labute approximate surface area is 136 Å². The molecule has 0 radical (unpaired) electrons. The molecule has 3 unspecified atom stereocenters. The molecule has 1 N–H and O–H groups in total. The van der Waals surface area contributed by atoms with E-state index in [0.717, 1.165) is 12.8 Å². The van der Waals surface area contributed by atoms with E-state index in [-0.39, 0.29) is 23.1 Å². The van der Waals surface area contributed by atoms with Gasteiger partial charge in [0, 0.05) is 11.1 Å². The Balaban J connectivity index is 1.73. The first kappa shape index (κ1) is 16.2. The second kappa shape index (κ2) is 6.45. The van der Waals surface area contributed by atoms with Crippen molar-refractivity contribution in [2.24, 2.45) is 0 Å². The second-order valence-electron chi connectivity index (χ2n) is 5.86. The third-order valence-electron chi connectivity index (χ3n) is 4.24. The highest BCUT2D eigenvalue weighted by atomic mass is 35.5. The molecule has 0 bridgehead atoms. The van der Waals surface area contributed by atoms with Crippen LogP contribution in [0.5, 0.6) is 0 Å². The first-order valence-corrected chi connectivity index (χ1v) is 9.33. The van der Waals surface area contributed by atoms with E-state index in [1.54, 1.807) is 19.1 Å². The van der Waals surface area contributed by atoms with Crippen molar-refractivity contribution in [3.63, 3.8) is 0 Å². The van der Waals surface area contributed by atoms with Gasteiger partial charge in [0.2, 0.25) is 10.0 Å². The lowest BCUT2D eigenvalue weighted by atomic mass is 9.90. The molecule has 7 heteroatoms. The van der Waals surface area contributed by atoms with E-state index < -0.39 is 10.0 Å². The minimum absolute atomic E-state index is 0.0179. The number of nitrogens with one attached hydrogen (secondary N) is 1. The van der Waals surface area contributed by atoms with Gasteiger partial charge in [-0.15, -0.1) is 0 Å². The average molecular weight is 346 g/mol. The highest BCUT2D eigenvalue weighted by Gasteiger charge is 2.36. The molecule has 2 fully saturated rings. The third kappa shape index (κ3) is 3.46. The fourth-order valence-corrected chi connectivity index (χ4v) is 4.91. The van der Waals surface area contributed by atoms with Crippen molar-refractivity contribution in [3.05, 3.63) is 28.8 Å². The summed E-state index contributed by atoms with van der Waals surface area (Å²) in [6, 6.07) is 4.76. The molecule has 5 nitrogen and oxygen atoms in total. The maximum Gasteiger partial charge on any atom is 0.241 e. The summed E-state index contributed by atoms with van der Waals surface area (Å²) < 4.78 is 39.3. The molecule has 1 saturated heterocycles. The Morgan fingerprint density at radius 1 is 1.18 bits per heavy atom. The number of aryl methyl sites for hydroxylation is 1. The van der Waals surface area contributed by atoms with Crippen LogP contribution < -0.4 is 4.72 Å². The monoisotopic (exact) mass is 345 g/mol. The SMILES string of the molecule is Cc1ccc(Cl)cc1S(=O)(=O)NC1CCC2OCCOC2C1. The van der Waals surface area contributed by atoms with Crippen molar-refractivity contribution in [1.29, 1.82) is 0 Å².